The highest BCUT2D eigenvalue weighted by Crippen LogP contribution is 2.35. The second-order valence-electron chi connectivity index (χ2n) is 6.54. The van der Waals surface area contributed by atoms with Gasteiger partial charge in [0.25, 0.3) is 5.91 Å². The van der Waals surface area contributed by atoms with Gasteiger partial charge in [-0.05, 0) is 42.1 Å². The van der Waals surface area contributed by atoms with Crippen molar-refractivity contribution in [2.75, 3.05) is 12.0 Å². The quantitative estimate of drug-likeness (QED) is 0.425. The number of thioether (sulfide) groups is 1. The molecule has 0 aliphatic carbocycles. The summed E-state index contributed by atoms with van der Waals surface area (Å²) in [6, 6.07) is 9.07. The third-order valence-electron chi connectivity index (χ3n) is 4.35. The van der Waals surface area contributed by atoms with Crippen LogP contribution in [0, 0.1) is 0 Å². The van der Waals surface area contributed by atoms with Crippen LogP contribution in [0.5, 0.6) is 5.75 Å². The first kappa shape index (κ1) is 21.6. The van der Waals surface area contributed by atoms with Gasteiger partial charge in [-0.25, -0.2) is 4.99 Å². The lowest BCUT2D eigenvalue weighted by Crippen LogP contribution is -2.30. The predicted molar refractivity (Wildman–Crippen MR) is 125 cm³/mol. The summed E-state index contributed by atoms with van der Waals surface area (Å²) >= 11 is 9.21. The van der Waals surface area contributed by atoms with Crippen molar-refractivity contribution in [1.29, 1.82) is 0 Å². The number of hydrogen-bond donors (Lipinski definition) is 0. The highest BCUT2D eigenvalue weighted by atomic mass is 35.5. The molecule has 3 aromatic rings. The summed E-state index contributed by atoms with van der Waals surface area (Å²) in [6.07, 6.45) is 3.45. The standard InChI is InChI=1S/C21H19ClN4O3S2/c1-3-5-19-24-18(25-29-19)12-31-21-23-16(11-14-6-4-9-30-14)20(27)26(21)13-7-8-17(28-2)15(22)10-13/h4,6-11H,3,5,12H2,1-2H3. The maximum absolute atomic E-state index is 13.2. The van der Waals surface area contributed by atoms with Crippen molar-refractivity contribution in [2.24, 2.45) is 4.99 Å². The molecule has 7 nitrogen and oxygen atoms in total. The Labute approximate surface area is 192 Å². The minimum Gasteiger partial charge on any atom is -0.495 e. The number of carbonyl (C=O) groups is 1. The summed E-state index contributed by atoms with van der Waals surface area (Å²) in [5.74, 6) is 1.91. The van der Waals surface area contributed by atoms with Crippen LogP contribution in [0.1, 0.15) is 29.9 Å². The number of nitrogens with zero attached hydrogens (tertiary/aromatic N) is 4. The zero-order chi connectivity index (χ0) is 21.8. The van der Waals surface area contributed by atoms with Gasteiger partial charge in [-0.15, -0.1) is 11.3 Å². The maximum atomic E-state index is 13.2. The molecule has 1 aliphatic heterocycles. The molecule has 4 rings (SSSR count). The van der Waals surface area contributed by atoms with Crippen LogP contribution in [-0.4, -0.2) is 28.3 Å². The third-order valence-corrected chi connectivity index (χ3v) is 6.40. The Morgan fingerprint density at radius 3 is 2.94 bits per heavy atom. The number of hydrogen-bond acceptors (Lipinski definition) is 8. The Kier molecular flexibility index (Phi) is 6.74. The van der Waals surface area contributed by atoms with Crippen molar-refractivity contribution in [3.63, 3.8) is 0 Å². The van der Waals surface area contributed by atoms with Crippen LogP contribution in [0.15, 0.2) is 50.9 Å². The summed E-state index contributed by atoms with van der Waals surface area (Å²) in [5.41, 5.74) is 0.966. The number of amidine groups is 1. The molecule has 0 saturated carbocycles. The van der Waals surface area contributed by atoms with Crippen molar-refractivity contribution in [2.45, 2.75) is 25.5 Å². The highest BCUT2D eigenvalue weighted by Gasteiger charge is 2.32. The van der Waals surface area contributed by atoms with Gasteiger partial charge in [-0.1, -0.05) is 41.5 Å². The van der Waals surface area contributed by atoms with Crippen LogP contribution >= 0.6 is 34.7 Å². The molecule has 0 N–H and O–H groups in total. The van der Waals surface area contributed by atoms with E-state index in [1.165, 1.54) is 11.8 Å². The lowest BCUT2D eigenvalue weighted by Gasteiger charge is -2.18. The number of thiophene rings is 1. The molecule has 0 fully saturated rings. The van der Waals surface area contributed by atoms with E-state index in [-0.39, 0.29) is 5.91 Å². The average Bonchev–Trinajstić information content (AvgIpc) is 3.49. The SMILES string of the molecule is CCCc1nc(CSC2=NC(=Cc3cccs3)C(=O)N2c2ccc(OC)c(Cl)c2)no1. The molecule has 0 unspecified atom stereocenters. The molecule has 0 saturated heterocycles. The van der Waals surface area contributed by atoms with Gasteiger partial charge in [0.1, 0.15) is 11.4 Å². The van der Waals surface area contributed by atoms with E-state index in [1.807, 2.05) is 17.5 Å². The predicted octanol–water partition coefficient (Wildman–Crippen LogP) is 5.42. The van der Waals surface area contributed by atoms with Crippen molar-refractivity contribution >= 4 is 57.5 Å². The smallest absolute Gasteiger partial charge is 0.283 e. The molecule has 1 amide bonds. The molecule has 1 aliphatic rings. The summed E-state index contributed by atoms with van der Waals surface area (Å²) in [4.78, 5) is 24.7. The number of aliphatic imine (C=N–C) groups is 1. The monoisotopic (exact) mass is 474 g/mol. The van der Waals surface area contributed by atoms with Crippen molar-refractivity contribution in [1.82, 2.24) is 10.1 Å². The molecule has 1 aromatic carbocycles. The molecule has 31 heavy (non-hydrogen) atoms. The highest BCUT2D eigenvalue weighted by molar-refractivity contribution is 8.13. The topological polar surface area (TPSA) is 80.8 Å². The van der Waals surface area contributed by atoms with Crippen molar-refractivity contribution in [3.05, 3.63) is 63.0 Å². The maximum Gasteiger partial charge on any atom is 0.283 e. The fourth-order valence-electron chi connectivity index (χ4n) is 2.92. The third kappa shape index (κ3) is 4.84. The van der Waals surface area contributed by atoms with Crippen molar-refractivity contribution < 1.29 is 14.1 Å². The van der Waals surface area contributed by atoms with Gasteiger partial charge < -0.3 is 9.26 Å². The number of aromatic nitrogens is 2. The van der Waals surface area contributed by atoms with Crippen LogP contribution in [0.2, 0.25) is 5.02 Å². The van der Waals surface area contributed by atoms with E-state index in [4.69, 9.17) is 20.9 Å². The van der Waals surface area contributed by atoms with Gasteiger partial charge in [0.2, 0.25) is 5.89 Å². The molecule has 10 heteroatoms. The van der Waals surface area contributed by atoms with Gasteiger partial charge in [-0.3, -0.25) is 9.69 Å². The molecule has 2 aromatic heterocycles. The van der Waals surface area contributed by atoms with E-state index >= 15 is 0 Å². The van der Waals surface area contributed by atoms with E-state index in [1.54, 1.807) is 47.6 Å². The Morgan fingerprint density at radius 1 is 1.35 bits per heavy atom. The average molecular weight is 475 g/mol. The fourth-order valence-corrected chi connectivity index (χ4v) is 4.68. The molecule has 0 atom stereocenters. The number of methoxy groups -OCH3 is 1. The first-order chi connectivity index (χ1) is 15.1. The first-order valence-electron chi connectivity index (χ1n) is 9.55. The fraction of sp³-hybridized carbons (Fsp3) is 0.238. The summed E-state index contributed by atoms with van der Waals surface area (Å²) in [7, 11) is 1.55. The van der Waals surface area contributed by atoms with E-state index in [2.05, 4.69) is 22.1 Å². The zero-order valence-corrected chi connectivity index (χ0v) is 19.3. The van der Waals surface area contributed by atoms with Crippen LogP contribution in [-0.2, 0) is 17.0 Å². The lowest BCUT2D eigenvalue weighted by atomic mass is 10.2. The van der Waals surface area contributed by atoms with Crippen LogP contribution in [0.3, 0.4) is 0 Å². The minimum absolute atomic E-state index is 0.225. The van der Waals surface area contributed by atoms with Crippen LogP contribution < -0.4 is 9.64 Å². The number of halogens is 1. The van der Waals surface area contributed by atoms with Gasteiger partial charge >= 0.3 is 0 Å². The number of aryl methyl sites for hydroxylation is 1. The number of ether oxygens (including phenoxy) is 1. The molecule has 3 heterocycles. The second kappa shape index (κ2) is 9.67. The summed E-state index contributed by atoms with van der Waals surface area (Å²) in [5, 5.41) is 6.90. The van der Waals surface area contributed by atoms with Gasteiger partial charge in [0.15, 0.2) is 11.0 Å². The number of amides is 1. The van der Waals surface area contributed by atoms with E-state index in [0.29, 0.717) is 44.8 Å². The van der Waals surface area contributed by atoms with Crippen LogP contribution in [0.4, 0.5) is 5.69 Å². The Balaban J connectivity index is 1.63. The number of rotatable bonds is 7. The minimum atomic E-state index is -0.225. The zero-order valence-electron chi connectivity index (χ0n) is 16.9. The molecule has 160 valence electrons. The van der Waals surface area contributed by atoms with E-state index in [9.17, 15) is 4.79 Å². The number of anilines is 1. The molecule has 0 spiro atoms. The molecule has 0 bridgehead atoms. The Morgan fingerprint density at radius 2 is 2.23 bits per heavy atom. The Bertz CT molecular complexity index is 1140. The number of benzene rings is 1. The second-order valence-corrected chi connectivity index (χ2v) is 8.87. The van der Waals surface area contributed by atoms with Gasteiger partial charge in [-0.2, -0.15) is 4.98 Å². The molecular weight excluding hydrogens is 456 g/mol. The van der Waals surface area contributed by atoms with Gasteiger partial charge in [0.05, 0.1) is 23.6 Å². The summed E-state index contributed by atoms with van der Waals surface area (Å²) in [6.45, 7) is 2.05. The van der Waals surface area contributed by atoms with E-state index in [0.717, 1.165) is 17.7 Å². The molecular formula is C21H19ClN4O3S2. The summed E-state index contributed by atoms with van der Waals surface area (Å²) < 4.78 is 10.5. The number of carbonyl (C=O) groups excluding carboxylic acids is 1. The van der Waals surface area contributed by atoms with Gasteiger partial charge in [0, 0.05) is 11.3 Å². The first-order valence-corrected chi connectivity index (χ1v) is 11.8. The Hall–Kier alpha value is -2.62. The largest absolute Gasteiger partial charge is 0.495 e. The normalized spacial score (nSPS) is 15.1. The molecule has 0 radical (unpaired) electrons. The van der Waals surface area contributed by atoms with E-state index < -0.39 is 0 Å². The van der Waals surface area contributed by atoms with Crippen LogP contribution in [0.25, 0.3) is 6.08 Å². The van der Waals surface area contributed by atoms with Crippen molar-refractivity contribution in [3.8, 4) is 5.75 Å². The lowest BCUT2D eigenvalue weighted by molar-refractivity contribution is -0.113.